The molecule has 6 heteroatoms. The molecule has 0 N–H and O–H groups in total. The van der Waals surface area contributed by atoms with Crippen LogP contribution in [0.2, 0.25) is 0 Å². The molecule has 1 saturated heterocycles. The summed E-state index contributed by atoms with van der Waals surface area (Å²) in [6.07, 6.45) is 0.869. The van der Waals surface area contributed by atoms with E-state index < -0.39 is 12.3 Å². The second kappa shape index (κ2) is 6.17. The van der Waals surface area contributed by atoms with Crippen LogP contribution in [0.5, 0.6) is 0 Å². The molecule has 0 aliphatic carbocycles. The van der Waals surface area contributed by atoms with Gasteiger partial charge in [0.1, 0.15) is 0 Å². The molecule has 6 nitrogen and oxygen atoms in total. The van der Waals surface area contributed by atoms with Crippen LogP contribution in [0.3, 0.4) is 0 Å². The predicted octanol–water partition coefficient (Wildman–Crippen LogP) is 0.815. The van der Waals surface area contributed by atoms with E-state index in [4.69, 9.17) is 23.7 Å². The molecule has 0 amide bonds. The first-order valence-corrected chi connectivity index (χ1v) is 6.12. The fourth-order valence-corrected chi connectivity index (χ4v) is 1.99. The van der Waals surface area contributed by atoms with Crippen molar-refractivity contribution in [2.24, 2.45) is 5.92 Å². The Morgan fingerprint density at radius 1 is 1.44 bits per heavy atom. The molecule has 2 aliphatic heterocycles. The highest BCUT2D eigenvalue weighted by Crippen LogP contribution is 2.30. The average Bonchev–Trinajstić information content (AvgIpc) is 2.39. The van der Waals surface area contributed by atoms with E-state index in [2.05, 4.69) is 0 Å². The summed E-state index contributed by atoms with van der Waals surface area (Å²) in [6.45, 7) is 5.14. The molecule has 0 saturated carbocycles. The molecule has 0 unspecified atom stereocenters. The van der Waals surface area contributed by atoms with Crippen molar-refractivity contribution in [2.75, 3.05) is 26.6 Å². The molecule has 0 bridgehead atoms. The van der Waals surface area contributed by atoms with Crippen LogP contribution in [0, 0.1) is 5.92 Å². The van der Waals surface area contributed by atoms with E-state index >= 15 is 0 Å². The van der Waals surface area contributed by atoms with Crippen LogP contribution in [0.4, 0.5) is 0 Å². The van der Waals surface area contributed by atoms with E-state index in [0.717, 1.165) is 0 Å². The van der Waals surface area contributed by atoms with Gasteiger partial charge in [-0.25, -0.2) is 4.79 Å². The van der Waals surface area contributed by atoms with Gasteiger partial charge in [-0.2, -0.15) is 0 Å². The first-order chi connectivity index (χ1) is 8.76. The number of rotatable bonds is 4. The van der Waals surface area contributed by atoms with E-state index in [-0.39, 0.29) is 24.6 Å². The van der Waals surface area contributed by atoms with Gasteiger partial charge in [0.05, 0.1) is 25.2 Å². The molecule has 2 rings (SSSR count). The zero-order chi connectivity index (χ0) is 13.0. The number of fused-ring (bicyclic) bond motifs is 1. The van der Waals surface area contributed by atoms with Crippen LogP contribution < -0.4 is 0 Å². The Hall–Kier alpha value is -1.11. The maximum atomic E-state index is 11.7. The lowest BCUT2D eigenvalue weighted by molar-refractivity contribution is -0.274. The normalized spacial score (nSPS) is 31.0. The minimum atomic E-state index is -0.514. The number of carbonyl (C=O) groups is 1. The summed E-state index contributed by atoms with van der Waals surface area (Å²) in [6, 6.07) is 0. The van der Waals surface area contributed by atoms with Gasteiger partial charge >= 0.3 is 5.97 Å². The zero-order valence-electron chi connectivity index (χ0n) is 10.6. The number of hydrogen-bond acceptors (Lipinski definition) is 6. The lowest BCUT2D eigenvalue weighted by Gasteiger charge is -2.38. The van der Waals surface area contributed by atoms with E-state index in [1.54, 1.807) is 13.0 Å². The van der Waals surface area contributed by atoms with E-state index in [1.807, 2.05) is 6.92 Å². The number of ether oxygens (including phenoxy) is 5. The van der Waals surface area contributed by atoms with Crippen molar-refractivity contribution in [3.63, 3.8) is 0 Å². The summed E-state index contributed by atoms with van der Waals surface area (Å²) in [5, 5.41) is 0. The standard InChI is InChI=1S/C12H18O6/c1-3-15-9-5-10(11(13)16-4-2)18-12-8(9)6-14-7-17-12/h5,8-9,12H,3-4,6-7H2,1-2H3/t8-,9-,12+/m0/s1. The molecule has 102 valence electrons. The Balaban J connectivity index is 2.13. The van der Waals surface area contributed by atoms with Crippen LogP contribution in [-0.2, 0) is 28.5 Å². The summed E-state index contributed by atoms with van der Waals surface area (Å²) < 4.78 is 26.6. The van der Waals surface area contributed by atoms with Crippen LogP contribution in [0.25, 0.3) is 0 Å². The largest absolute Gasteiger partial charge is 0.460 e. The fraction of sp³-hybridized carbons (Fsp3) is 0.750. The molecule has 0 aromatic rings. The fourth-order valence-electron chi connectivity index (χ4n) is 1.99. The molecular weight excluding hydrogens is 240 g/mol. The second-order valence-electron chi connectivity index (χ2n) is 3.98. The smallest absolute Gasteiger partial charge is 0.373 e. The lowest BCUT2D eigenvalue weighted by atomic mass is 9.98. The Morgan fingerprint density at radius 3 is 3.00 bits per heavy atom. The molecule has 0 radical (unpaired) electrons. The first-order valence-electron chi connectivity index (χ1n) is 6.12. The second-order valence-corrected chi connectivity index (χ2v) is 3.98. The van der Waals surface area contributed by atoms with Gasteiger partial charge in [-0.05, 0) is 19.9 Å². The van der Waals surface area contributed by atoms with Gasteiger partial charge in [0, 0.05) is 6.61 Å². The van der Waals surface area contributed by atoms with Gasteiger partial charge in [-0.1, -0.05) is 0 Å². The maximum absolute atomic E-state index is 11.7. The molecule has 3 atom stereocenters. The number of hydrogen-bond donors (Lipinski definition) is 0. The van der Waals surface area contributed by atoms with Crippen molar-refractivity contribution in [3.8, 4) is 0 Å². The lowest BCUT2D eigenvalue weighted by Crippen LogP contribution is -2.47. The van der Waals surface area contributed by atoms with E-state index in [1.165, 1.54) is 0 Å². The van der Waals surface area contributed by atoms with Crippen molar-refractivity contribution in [1.29, 1.82) is 0 Å². The van der Waals surface area contributed by atoms with Gasteiger partial charge in [-0.15, -0.1) is 0 Å². The third-order valence-electron chi connectivity index (χ3n) is 2.79. The van der Waals surface area contributed by atoms with Crippen molar-refractivity contribution in [2.45, 2.75) is 26.2 Å². The third-order valence-corrected chi connectivity index (χ3v) is 2.79. The topological polar surface area (TPSA) is 63.2 Å². The monoisotopic (exact) mass is 258 g/mol. The van der Waals surface area contributed by atoms with E-state index in [9.17, 15) is 4.79 Å². The minimum absolute atomic E-state index is 0.0584. The highest BCUT2D eigenvalue weighted by atomic mass is 16.8. The molecule has 0 aromatic carbocycles. The quantitative estimate of drug-likeness (QED) is 0.695. The molecule has 2 aliphatic rings. The van der Waals surface area contributed by atoms with Gasteiger partial charge < -0.3 is 23.7 Å². The molecule has 18 heavy (non-hydrogen) atoms. The van der Waals surface area contributed by atoms with Crippen molar-refractivity contribution >= 4 is 5.97 Å². The van der Waals surface area contributed by atoms with Crippen LogP contribution >= 0.6 is 0 Å². The Morgan fingerprint density at radius 2 is 2.28 bits per heavy atom. The summed E-state index contributed by atoms with van der Waals surface area (Å²) >= 11 is 0. The summed E-state index contributed by atoms with van der Waals surface area (Å²) in [5.74, 6) is -0.397. The molecule has 2 heterocycles. The van der Waals surface area contributed by atoms with Gasteiger partial charge in [-0.3, -0.25) is 0 Å². The SMILES string of the molecule is CCOC(=O)C1=C[C@H](OCC)[C@@H]2COCO[C@@H]2O1. The van der Waals surface area contributed by atoms with E-state index in [0.29, 0.717) is 19.8 Å². The minimum Gasteiger partial charge on any atom is -0.460 e. The predicted molar refractivity (Wildman–Crippen MR) is 60.4 cm³/mol. The third kappa shape index (κ3) is 2.82. The summed E-state index contributed by atoms with van der Waals surface area (Å²) in [7, 11) is 0. The average molecular weight is 258 g/mol. The van der Waals surface area contributed by atoms with Gasteiger partial charge in [0.2, 0.25) is 12.0 Å². The van der Waals surface area contributed by atoms with Crippen LogP contribution in [-0.4, -0.2) is 45.0 Å². The Kier molecular flexibility index (Phi) is 4.57. The molecular formula is C12H18O6. The Labute approximate surface area is 106 Å². The molecule has 0 spiro atoms. The van der Waals surface area contributed by atoms with Crippen molar-refractivity contribution in [1.82, 2.24) is 0 Å². The highest BCUT2D eigenvalue weighted by molar-refractivity contribution is 5.86. The maximum Gasteiger partial charge on any atom is 0.373 e. The summed E-state index contributed by atoms with van der Waals surface area (Å²) in [5.41, 5.74) is 0. The van der Waals surface area contributed by atoms with Crippen molar-refractivity contribution in [3.05, 3.63) is 11.8 Å². The van der Waals surface area contributed by atoms with Gasteiger partial charge in [0.25, 0.3) is 0 Å². The zero-order valence-corrected chi connectivity index (χ0v) is 10.6. The van der Waals surface area contributed by atoms with Crippen LogP contribution in [0.1, 0.15) is 13.8 Å². The first kappa shape index (κ1) is 13.3. The van der Waals surface area contributed by atoms with Gasteiger partial charge in [0.15, 0.2) is 6.79 Å². The van der Waals surface area contributed by atoms with Crippen LogP contribution in [0.15, 0.2) is 11.8 Å². The summed E-state index contributed by atoms with van der Waals surface area (Å²) in [4.78, 5) is 11.7. The number of carbonyl (C=O) groups excluding carboxylic acids is 1. The highest BCUT2D eigenvalue weighted by Gasteiger charge is 2.40. The Bertz CT molecular complexity index is 327. The molecule has 0 aromatic heterocycles. The molecule has 1 fully saturated rings. The number of esters is 1. The van der Waals surface area contributed by atoms with Crippen molar-refractivity contribution < 1.29 is 28.5 Å².